The summed E-state index contributed by atoms with van der Waals surface area (Å²) in [4.78, 5) is 34.1. The average molecular weight is 540 g/mol. The number of fused-ring (bicyclic) bond motifs is 6. The molecule has 7 heteroatoms. The highest BCUT2D eigenvalue weighted by atomic mass is 15.1. The van der Waals surface area contributed by atoms with Gasteiger partial charge in [0.15, 0.2) is 23.3 Å². The van der Waals surface area contributed by atoms with Crippen LogP contribution >= 0.6 is 0 Å². The van der Waals surface area contributed by atoms with Crippen LogP contribution in [0.1, 0.15) is 0 Å². The van der Waals surface area contributed by atoms with Crippen molar-refractivity contribution in [2.75, 3.05) is 0 Å². The Morgan fingerprint density at radius 3 is 1.17 bits per heavy atom. The quantitative estimate of drug-likeness (QED) is 0.213. The van der Waals surface area contributed by atoms with Crippen LogP contribution in [0.4, 0.5) is 0 Å². The van der Waals surface area contributed by atoms with Crippen LogP contribution in [0.3, 0.4) is 0 Å². The highest BCUT2D eigenvalue weighted by molar-refractivity contribution is 6.22. The summed E-state index contributed by atoms with van der Waals surface area (Å²) in [6, 6.07) is 37.9. The third-order valence-corrected chi connectivity index (χ3v) is 7.24. The zero-order valence-corrected chi connectivity index (χ0v) is 22.3. The maximum atomic E-state index is 5.07. The van der Waals surface area contributed by atoms with Crippen LogP contribution in [-0.2, 0) is 0 Å². The molecule has 0 N–H and O–H groups in total. The number of hydrogen-bond donors (Lipinski definition) is 0. The Bertz CT molecular complexity index is 2180. The molecule has 0 radical (unpaired) electrons. The molecular weight excluding hydrogens is 518 g/mol. The zero-order chi connectivity index (χ0) is 27.9. The van der Waals surface area contributed by atoms with Crippen LogP contribution in [0.15, 0.2) is 128 Å². The fourth-order valence-electron chi connectivity index (χ4n) is 5.21. The van der Waals surface area contributed by atoms with Gasteiger partial charge >= 0.3 is 0 Å². The van der Waals surface area contributed by atoms with E-state index in [1.54, 1.807) is 0 Å². The van der Waals surface area contributed by atoms with Gasteiger partial charge in [0.05, 0.1) is 0 Å². The highest BCUT2D eigenvalue weighted by Crippen LogP contribution is 2.34. The lowest BCUT2D eigenvalue weighted by Gasteiger charge is -2.11. The lowest BCUT2D eigenvalue weighted by atomic mass is 10.0. The zero-order valence-electron chi connectivity index (χ0n) is 22.3. The Balaban J connectivity index is 1.40. The highest BCUT2D eigenvalue weighted by Gasteiger charge is 2.18. The van der Waals surface area contributed by atoms with E-state index in [2.05, 4.69) is 12.1 Å². The second-order valence-electron chi connectivity index (χ2n) is 9.86. The Labute approximate surface area is 240 Å². The predicted octanol–water partition coefficient (Wildman–Crippen LogP) is 7.58. The van der Waals surface area contributed by atoms with E-state index in [9.17, 15) is 0 Å². The van der Waals surface area contributed by atoms with Gasteiger partial charge in [-0.3, -0.25) is 0 Å². The average Bonchev–Trinajstić information content (AvgIpc) is 3.09. The van der Waals surface area contributed by atoms with E-state index >= 15 is 0 Å². The van der Waals surface area contributed by atoms with Gasteiger partial charge in [-0.05, 0) is 10.8 Å². The molecule has 0 amide bonds. The first-order valence-electron chi connectivity index (χ1n) is 13.6. The molecule has 42 heavy (non-hydrogen) atoms. The summed E-state index contributed by atoms with van der Waals surface area (Å²) in [5, 5.41) is 3.91. The van der Waals surface area contributed by atoms with E-state index in [1.165, 1.54) is 0 Å². The minimum absolute atomic E-state index is 0.392. The van der Waals surface area contributed by atoms with Crippen molar-refractivity contribution >= 4 is 32.6 Å². The van der Waals surface area contributed by atoms with E-state index in [1.807, 2.05) is 116 Å². The molecule has 0 aliphatic heterocycles. The molecule has 0 atom stereocenters. The third-order valence-electron chi connectivity index (χ3n) is 7.24. The molecule has 0 aliphatic rings. The summed E-state index contributed by atoms with van der Waals surface area (Å²) in [6.45, 7) is 0. The first-order valence-corrected chi connectivity index (χ1v) is 13.6. The van der Waals surface area contributed by atoms with Crippen molar-refractivity contribution < 1.29 is 0 Å². The van der Waals surface area contributed by atoms with Gasteiger partial charge < -0.3 is 0 Å². The van der Waals surface area contributed by atoms with E-state index in [0.29, 0.717) is 29.1 Å². The molecule has 3 heterocycles. The summed E-state index contributed by atoms with van der Waals surface area (Å²) in [6.07, 6.45) is 3.73. The van der Waals surface area contributed by atoms with E-state index in [0.717, 1.165) is 49.3 Å². The second-order valence-corrected chi connectivity index (χ2v) is 9.86. The Morgan fingerprint density at radius 1 is 0.286 bits per heavy atom. The van der Waals surface area contributed by atoms with Crippen LogP contribution in [0, 0.1) is 0 Å². The predicted molar refractivity (Wildman–Crippen MR) is 165 cm³/mol. The minimum atomic E-state index is 0.392. The Morgan fingerprint density at radius 2 is 0.667 bits per heavy atom. The van der Waals surface area contributed by atoms with Crippen molar-refractivity contribution in [3.05, 3.63) is 128 Å². The van der Waals surface area contributed by atoms with Crippen LogP contribution in [0.25, 0.3) is 78.4 Å². The van der Waals surface area contributed by atoms with Gasteiger partial charge in [0.25, 0.3) is 0 Å². The lowest BCUT2D eigenvalue weighted by Crippen LogP contribution is -2.03. The fraction of sp³-hybridized carbons (Fsp3) is 0. The third kappa shape index (κ3) is 4.12. The van der Waals surface area contributed by atoms with Gasteiger partial charge in [-0.1, -0.05) is 115 Å². The SMILES string of the molecule is c1ccc(-c2nc(-c3ccccc3)nc(-c3ncc4c5ccccc5c5cnc(-c6ccccc6)nc5c4n3)n2)cc1. The van der Waals surface area contributed by atoms with Gasteiger partial charge in [-0.25, -0.2) is 34.9 Å². The molecule has 3 aromatic heterocycles. The normalized spacial score (nSPS) is 11.3. The standard InChI is InChI=1S/C35H21N7/c1-4-12-22(13-5-1)31-36-20-27-25-18-10-11-19-26(25)28-21-37-34(39-30(28)29(27)38-31)35-41-32(23-14-6-2-7-15-23)40-33(42-35)24-16-8-3-9-17-24/h1-21H. The Hall–Kier alpha value is -5.95. The first-order chi connectivity index (χ1) is 20.8. The summed E-state index contributed by atoms with van der Waals surface area (Å²) < 4.78 is 0. The van der Waals surface area contributed by atoms with Crippen LogP contribution in [-0.4, -0.2) is 34.9 Å². The molecule has 0 saturated carbocycles. The van der Waals surface area contributed by atoms with Crippen molar-refractivity contribution in [2.24, 2.45) is 0 Å². The van der Waals surface area contributed by atoms with Gasteiger partial charge in [0.2, 0.25) is 5.82 Å². The molecule has 0 unspecified atom stereocenters. The molecule has 7 nitrogen and oxygen atoms in total. The largest absolute Gasteiger partial charge is 0.236 e. The minimum Gasteiger partial charge on any atom is -0.236 e. The smallest absolute Gasteiger partial charge is 0.201 e. The van der Waals surface area contributed by atoms with E-state index in [4.69, 9.17) is 34.9 Å². The fourth-order valence-corrected chi connectivity index (χ4v) is 5.21. The first kappa shape index (κ1) is 23.9. The molecule has 8 aromatic rings. The van der Waals surface area contributed by atoms with Crippen molar-refractivity contribution in [1.29, 1.82) is 0 Å². The molecule has 196 valence electrons. The maximum absolute atomic E-state index is 5.07. The summed E-state index contributed by atoms with van der Waals surface area (Å²) >= 11 is 0. The molecular formula is C35H21N7. The van der Waals surface area contributed by atoms with Crippen LogP contribution < -0.4 is 0 Å². The maximum Gasteiger partial charge on any atom is 0.201 e. The molecule has 0 bridgehead atoms. The molecule has 0 spiro atoms. The van der Waals surface area contributed by atoms with E-state index in [-0.39, 0.29) is 0 Å². The van der Waals surface area contributed by atoms with Crippen molar-refractivity contribution in [3.63, 3.8) is 0 Å². The van der Waals surface area contributed by atoms with Crippen LogP contribution in [0.5, 0.6) is 0 Å². The number of rotatable bonds is 4. The van der Waals surface area contributed by atoms with Gasteiger partial charge in [-0.15, -0.1) is 0 Å². The van der Waals surface area contributed by atoms with Crippen molar-refractivity contribution in [2.45, 2.75) is 0 Å². The number of aromatic nitrogens is 7. The van der Waals surface area contributed by atoms with E-state index < -0.39 is 0 Å². The molecule has 0 aliphatic carbocycles. The van der Waals surface area contributed by atoms with Crippen molar-refractivity contribution in [3.8, 4) is 45.8 Å². The van der Waals surface area contributed by atoms with Crippen molar-refractivity contribution in [1.82, 2.24) is 34.9 Å². The monoisotopic (exact) mass is 539 g/mol. The van der Waals surface area contributed by atoms with Gasteiger partial charge in [-0.2, -0.15) is 0 Å². The summed E-state index contributed by atoms with van der Waals surface area (Å²) in [5.41, 5.74) is 4.18. The summed E-state index contributed by atoms with van der Waals surface area (Å²) in [5.74, 6) is 2.54. The van der Waals surface area contributed by atoms with Gasteiger partial charge in [0, 0.05) is 39.9 Å². The van der Waals surface area contributed by atoms with Crippen LogP contribution in [0.2, 0.25) is 0 Å². The second kappa shape index (κ2) is 9.91. The topological polar surface area (TPSA) is 90.2 Å². The molecule has 0 saturated heterocycles. The number of nitrogens with zero attached hydrogens (tertiary/aromatic N) is 7. The number of hydrogen-bond acceptors (Lipinski definition) is 7. The van der Waals surface area contributed by atoms with Gasteiger partial charge in [0.1, 0.15) is 11.0 Å². The summed E-state index contributed by atoms with van der Waals surface area (Å²) in [7, 11) is 0. The number of benzene rings is 5. The lowest BCUT2D eigenvalue weighted by molar-refractivity contribution is 1.04. The Kier molecular flexibility index (Phi) is 5.64. The molecule has 5 aromatic carbocycles. The molecule has 0 fully saturated rings. The molecule has 8 rings (SSSR count).